The molecule has 0 fully saturated rings. The first-order valence-electron chi connectivity index (χ1n) is 3.69. The van der Waals surface area contributed by atoms with Crippen LogP contribution in [0.15, 0.2) is 6.20 Å². The summed E-state index contributed by atoms with van der Waals surface area (Å²) in [7, 11) is 1.00. The number of aromatic amines is 1. The molecule has 2 N–H and O–H groups in total. The summed E-state index contributed by atoms with van der Waals surface area (Å²) in [6.07, 6.45) is 2.48. The SMILES string of the molecule is CC(C)c1cn[nH]c1C=O.CO. The minimum atomic E-state index is 0.360. The molecule has 0 unspecified atom stereocenters. The molecule has 0 aliphatic carbocycles. The van der Waals surface area contributed by atoms with E-state index in [0.29, 0.717) is 11.6 Å². The summed E-state index contributed by atoms with van der Waals surface area (Å²) in [6.45, 7) is 4.05. The predicted molar refractivity (Wildman–Crippen MR) is 46.2 cm³/mol. The number of aromatic nitrogens is 2. The molecule has 4 nitrogen and oxygen atoms in total. The summed E-state index contributed by atoms with van der Waals surface area (Å²) in [6, 6.07) is 0. The highest BCUT2D eigenvalue weighted by Crippen LogP contribution is 2.14. The van der Waals surface area contributed by atoms with E-state index in [1.54, 1.807) is 6.20 Å². The molecule has 0 saturated heterocycles. The number of hydrogen-bond acceptors (Lipinski definition) is 3. The van der Waals surface area contributed by atoms with Gasteiger partial charge in [0.1, 0.15) is 5.69 Å². The van der Waals surface area contributed by atoms with Crippen molar-refractivity contribution in [1.29, 1.82) is 0 Å². The van der Waals surface area contributed by atoms with E-state index in [1.165, 1.54) is 0 Å². The minimum absolute atomic E-state index is 0.360. The molecule has 1 heterocycles. The fourth-order valence-electron chi connectivity index (χ4n) is 0.860. The number of aldehydes is 1. The van der Waals surface area contributed by atoms with Crippen molar-refractivity contribution in [1.82, 2.24) is 10.2 Å². The van der Waals surface area contributed by atoms with Gasteiger partial charge in [0.05, 0.1) is 6.20 Å². The largest absolute Gasteiger partial charge is 0.400 e. The second kappa shape index (κ2) is 5.49. The van der Waals surface area contributed by atoms with Gasteiger partial charge in [-0.05, 0) is 5.92 Å². The number of nitrogens with zero attached hydrogens (tertiary/aromatic N) is 1. The molecule has 0 radical (unpaired) electrons. The lowest BCUT2D eigenvalue weighted by atomic mass is 10.1. The average molecular weight is 170 g/mol. The Hall–Kier alpha value is -1.16. The first kappa shape index (κ1) is 10.8. The van der Waals surface area contributed by atoms with Crippen LogP contribution in [0.25, 0.3) is 0 Å². The number of aliphatic hydroxyl groups excluding tert-OH is 1. The Kier molecular flexibility index (Phi) is 4.96. The lowest BCUT2D eigenvalue weighted by Crippen LogP contribution is -1.90. The second-order valence-electron chi connectivity index (χ2n) is 2.51. The summed E-state index contributed by atoms with van der Waals surface area (Å²) in [5.41, 5.74) is 1.57. The zero-order chi connectivity index (χ0) is 9.56. The molecule has 0 aliphatic heterocycles. The normalized spacial score (nSPS) is 9.08. The third-order valence-electron chi connectivity index (χ3n) is 1.44. The van der Waals surface area contributed by atoms with Crippen molar-refractivity contribution in [3.05, 3.63) is 17.5 Å². The molecule has 68 valence electrons. The van der Waals surface area contributed by atoms with Crippen LogP contribution in [-0.4, -0.2) is 28.7 Å². The van der Waals surface area contributed by atoms with Gasteiger partial charge in [-0.2, -0.15) is 5.10 Å². The number of carbonyl (C=O) groups excluding carboxylic acids is 1. The van der Waals surface area contributed by atoms with Crippen LogP contribution in [0.2, 0.25) is 0 Å². The highest BCUT2D eigenvalue weighted by molar-refractivity contribution is 5.74. The Bertz CT molecular complexity index is 231. The van der Waals surface area contributed by atoms with E-state index < -0.39 is 0 Å². The Labute approximate surface area is 71.6 Å². The standard InChI is InChI=1S/C7H10N2O.CH4O/c1-5(2)6-3-8-9-7(6)4-10;1-2/h3-5H,1-2H3,(H,8,9);2H,1H3. The van der Waals surface area contributed by atoms with Crippen molar-refractivity contribution in [2.24, 2.45) is 0 Å². The van der Waals surface area contributed by atoms with E-state index in [1.807, 2.05) is 13.8 Å². The molecule has 0 bridgehead atoms. The third-order valence-corrected chi connectivity index (χ3v) is 1.44. The van der Waals surface area contributed by atoms with E-state index in [2.05, 4.69) is 10.2 Å². The maximum atomic E-state index is 10.3. The van der Waals surface area contributed by atoms with Crippen molar-refractivity contribution in [2.45, 2.75) is 19.8 Å². The summed E-state index contributed by atoms with van der Waals surface area (Å²) in [5.74, 6) is 0.360. The molecule has 0 aromatic carbocycles. The summed E-state index contributed by atoms with van der Waals surface area (Å²) >= 11 is 0. The molecule has 0 aliphatic rings. The predicted octanol–water partition coefficient (Wildman–Crippen LogP) is 0.954. The monoisotopic (exact) mass is 170 g/mol. The van der Waals surface area contributed by atoms with Crippen LogP contribution in [0, 0.1) is 0 Å². The van der Waals surface area contributed by atoms with Gasteiger partial charge < -0.3 is 5.11 Å². The highest BCUT2D eigenvalue weighted by Gasteiger charge is 2.06. The molecule has 0 amide bonds. The van der Waals surface area contributed by atoms with E-state index in [-0.39, 0.29) is 0 Å². The molecule has 0 atom stereocenters. The van der Waals surface area contributed by atoms with Gasteiger partial charge >= 0.3 is 0 Å². The Morgan fingerprint density at radius 3 is 2.50 bits per heavy atom. The maximum Gasteiger partial charge on any atom is 0.168 e. The van der Waals surface area contributed by atoms with Gasteiger partial charge in [0.2, 0.25) is 0 Å². The Balaban J connectivity index is 0.000000561. The summed E-state index contributed by atoms with van der Waals surface area (Å²) in [5, 5.41) is 13.4. The first-order chi connectivity index (χ1) is 5.75. The van der Waals surface area contributed by atoms with Crippen molar-refractivity contribution < 1.29 is 9.90 Å². The van der Waals surface area contributed by atoms with Crippen LogP contribution in [0.3, 0.4) is 0 Å². The molecule has 4 heteroatoms. The number of aliphatic hydroxyl groups is 1. The topological polar surface area (TPSA) is 66.0 Å². The van der Waals surface area contributed by atoms with Crippen LogP contribution in [0.1, 0.15) is 35.8 Å². The molecule has 1 aromatic rings. The van der Waals surface area contributed by atoms with Gasteiger partial charge in [-0.25, -0.2) is 0 Å². The fourth-order valence-corrected chi connectivity index (χ4v) is 0.860. The van der Waals surface area contributed by atoms with E-state index in [4.69, 9.17) is 5.11 Å². The molecular formula is C8H14N2O2. The average Bonchev–Trinajstić information content (AvgIpc) is 2.55. The van der Waals surface area contributed by atoms with Gasteiger partial charge in [-0.15, -0.1) is 0 Å². The van der Waals surface area contributed by atoms with E-state index >= 15 is 0 Å². The lowest BCUT2D eigenvalue weighted by Gasteiger charge is -1.98. The van der Waals surface area contributed by atoms with Crippen LogP contribution in [0.4, 0.5) is 0 Å². The number of nitrogens with one attached hydrogen (secondary N) is 1. The summed E-state index contributed by atoms with van der Waals surface area (Å²) < 4.78 is 0. The van der Waals surface area contributed by atoms with Gasteiger partial charge in [0.15, 0.2) is 6.29 Å². The smallest absolute Gasteiger partial charge is 0.168 e. The zero-order valence-corrected chi connectivity index (χ0v) is 7.53. The van der Waals surface area contributed by atoms with E-state index in [9.17, 15) is 4.79 Å². The van der Waals surface area contributed by atoms with Gasteiger partial charge in [-0.1, -0.05) is 13.8 Å². The van der Waals surface area contributed by atoms with Crippen LogP contribution >= 0.6 is 0 Å². The highest BCUT2D eigenvalue weighted by atomic mass is 16.2. The third kappa shape index (κ3) is 2.47. The minimum Gasteiger partial charge on any atom is -0.400 e. The molecule has 0 spiro atoms. The Morgan fingerprint density at radius 1 is 1.58 bits per heavy atom. The first-order valence-corrected chi connectivity index (χ1v) is 3.69. The quantitative estimate of drug-likeness (QED) is 0.649. The van der Waals surface area contributed by atoms with Gasteiger partial charge in [-0.3, -0.25) is 9.89 Å². The number of H-pyrrole nitrogens is 1. The molecular weight excluding hydrogens is 156 g/mol. The summed E-state index contributed by atoms with van der Waals surface area (Å²) in [4.78, 5) is 10.3. The van der Waals surface area contributed by atoms with Crippen LogP contribution in [0.5, 0.6) is 0 Å². The molecule has 0 saturated carbocycles. The zero-order valence-electron chi connectivity index (χ0n) is 7.53. The lowest BCUT2D eigenvalue weighted by molar-refractivity contribution is 0.111. The molecule has 1 aromatic heterocycles. The number of rotatable bonds is 2. The molecule has 1 rings (SSSR count). The number of carbonyl (C=O) groups is 1. The maximum absolute atomic E-state index is 10.3. The van der Waals surface area contributed by atoms with E-state index in [0.717, 1.165) is 19.0 Å². The van der Waals surface area contributed by atoms with Crippen molar-refractivity contribution in [3.8, 4) is 0 Å². The Morgan fingerprint density at radius 2 is 2.17 bits per heavy atom. The molecule has 12 heavy (non-hydrogen) atoms. The van der Waals surface area contributed by atoms with Gasteiger partial charge in [0.25, 0.3) is 0 Å². The van der Waals surface area contributed by atoms with Crippen LogP contribution < -0.4 is 0 Å². The fraction of sp³-hybridized carbons (Fsp3) is 0.500. The number of hydrogen-bond donors (Lipinski definition) is 2. The second-order valence-corrected chi connectivity index (χ2v) is 2.51. The van der Waals surface area contributed by atoms with Crippen molar-refractivity contribution in [2.75, 3.05) is 7.11 Å². The van der Waals surface area contributed by atoms with Gasteiger partial charge in [0, 0.05) is 12.7 Å². The van der Waals surface area contributed by atoms with Crippen molar-refractivity contribution in [3.63, 3.8) is 0 Å². The van der Waals surface area contributed by atoms with Crippen molar-refractivity contribution >= 4 is 6.29 Å². The van der Waals surface area contributed by atoms with Crippen LogP contribution in [-0.2, 0) is 0 Å².